The third-order valence-corrected chi connectivity index (χ3v) is 1.44. The van der Waals surface area contributed by atoms with Crippen molar-refractivity contribution in [2.24, 2.45) is 0 Å². The van der Waals surface area contributed by atoms with Crippen LogP contribution in [-0.2, 0) is 14.3 Å². The van der Waals surface area contributed by atoms with Crippen molar-refractivity contribution in [3.8, 4) is 0 Å². The van der Waals surface area contributed by atoms with Gasteiger partial charge in [-0.3, -0.25) is 4.79 Å². The fourth-order valence-electron chi connectivity index (χ4n) is 1.12. The Bertz CT molecular complexity index is 134. The molecule has 72 valence electrons. The van der Waals surface area contributed by atoms with Crippen molar-refractivity contribution in [2.45, 2.75) is 39.4 Å². The number of hydrogen-bond donors (Lipinski definition) is 0. The van der Waals surface area contributed by atoms with Gasteiger partial charge in [0.25, 0.3) is 0 Å². The highest BCUT2D eigenvalue weighted by Gasteiger charge is 2.09. The smallest absolute Gasteiger partial charge is 0.132 e. The van der Waals surface area contributed by atoms with E-state index in [9.17, 15) is 4.79 Å². The van der Waals surface area contributed by atoms with E-state index in [2.05, 4.69) is 0 Å². The molecule has 0 amide bonds. The quantitative estimate of drug-likeness (QED) is 0.610. The van der Waals surface area contributed by atoms with Crippen molar-refractivity contribution in [1.29, 1.82) is 0 Å². The summed E-state index contributed by atoms with van der Waals surface area (Å²) in [6.45, 7) is 5.97. The second kappa shape index (κ2) is 6.14. The molecule has 0 aromatic rings. The summed E-state index contributed by atoms with van der Waals surface area (Å²) >= 11 is 0. The Balaban J connectivity index is 3.53. The Labute approximate surface area is 74.0 Å². The van der Waals surface area contributed by atoms with Gasteiger partial charge in [-0.2, -0.15) is 0 Å². The molecule has 12 heavy (non-hydrogen) atoms. The maximum absolute atomic E-state index is 10.7. The lowest BCUT2D eigenvalue weighted by atomic mass is 10.2. The summed E-state index contributed by atoms with van der Waals surface area (Å²) < 4.78 is 10.4. The fourth-order valence-corrected chi connectivity index (χ4v) is 1.12. The van der Waals surface area contributed by atoms with Crippen molar-refractivity contribution in [3.05, 3.63) is 0 Å². The van der Waals surface area contributed by atoms with E-state index >= 15 is 0 Å². The number of methoxy groups -OCH3 is 1. The Morgan fingerprint density at radius 1 is 1.33 bits per heavy atom. The third-order valence-electron chi connectivity index (χ3n) is 1.44. The molecule has 0 saturated heterocycles. The molecular weight excluding hydrogens is 156 g/mol. The summed E-state index contributed by atoms with van der Waals surface area (Å²) in [6, 6.07) is 0. The number of carbonyl (C=O) groups excluding carboxylic acids is 1. The minimum absolute atomic E-state index is 0.00681. The maximum atomic E-state index is 10.7. The standard InChI is InChI=1S/C9H18O3/c1-7(10)5-8(2)12-9(3)6-11-4/h8-9H,5-6H2,1-4H3. The summed E-state index contributed by atoms with van der Waals surface area (Å²) in [6.07, 6.45) is 0.533. The van der Waals surface area contributed by atoms with Crippen LogP contribution in [0.25, 0.3) is 0 Å². The maximum Gasteiger partial charge on any atom is 0.132 e. The first-order chi connectivity index (χ1) is 5.56. The summed E-state index contributed by atoms with van der Waals surface area (Å²) in [7, 11) is 1.63. The van der Waals surface area contributed by atoms with E-state index in [4.69, 9.17) is 9.47 Å². The van der Waals surface area contributed by atoms with Gasteiger partial charge in [-0.25, -0.2) is 0 Å². The van der Waals surface area contributed by atoms with Crippen LogP contribution in [0.3, 0.4) is 0 Å². The lowest BCUT2D eigenvalue weighted by Crippen LogP contribution is -2.22. The molecule has 0 aliphatic carbocycles. The van der Waals surface area contributed by atoms with Gasteiger partial charge in [-0.05, 0) is 20.8 Å². The molecule has 0 aromatic carbocycles. The minimum atomic E-state index is -0.00681. The average molecular weight is 174 g/mol. The summed E-state index contributed by atoms with van der Waals surface area (Å²) in [4.78, 5) is 10.7. The van der Waals surface area contributed by atoms with E-state index in [1.165, 1.54) is 0 Å². The molecule has 0 saturated carbocycles. The number of rotatable bonds is 6. The zero-order chi connectivity index (χ0) is 9.56. The van der Waals surface area contributed by atoms with Crippen LogP contribution in [0.5, 0.6) is 0 Å². The van der Waals surface area contributed by atoms with Crippen LogP contribution in [0.15, 0.2) is 0 Å². The lowest BCUT2D eigenvalue weighted by molar-refractivity contribution is -0.121. The molecule has 0 radical (unpaired) electrons. The zero-order valence-corrected chi connectivity index (χ0v) is 8.29. The van der Waals surface area contributed by atoms with Gasteiger partial charge in [0, 0.05) is 13.5 Å². The van der Waals surface area contributed by atoms with Gasteiger partial charge in [-0.1, -0.05) is 0 Å². The fraction of sp³-hybridized carbons (Fsp3) is 0.889. The molecular formula is C9H18O3. The zero-order valence-electron chi connectivity index (χ0n) is 8.29. The molecule has 0 spiro atoms. The first-order valence-electron chi connectivity index (χ1n) is 4.20. The number of carbonyl (C=O) groups is 1. The van der Waals surface area contributed by atoms with Gasteiger partial charge in [0.05, 0.1) is 18.8 Å². The summed E-state index contributed by atoms with van der Waals surface area (Å²) in [5.41, 5.74) is 0. The second-order valence-electron chi connectivity index (χ2n) is 3.12. The van der Waals surface area contributed by atoms with Crippen LogP contribution in [-0.4, -0.2) is 31.7 Å². The van der Waals surface area contributed by atoms with Gasteiger partial charge in [0.1, 0.15) is 5.78 Å². The first-order valence-corrected chi connectivity index (χ1v) is 4.20. The number of hydrogen-bond acceptors (Lipinski definition) is 3. The highest BCUT2D eigenvalue weighted by atomic mass is 16.5. The molecule has 3 heteroatoms. The van der Waals surface area contributed by atoms with Crippen LogP contribution in [0, 0.1) is 0 Å². The molecule has 0 aliphatic heterocycles. The van der Waals surface area contributed by atoms with E-state index in [-0.39, 0.29) is 18.0 Å². The van der Waals surface area contributed by atoms with Gasteiger partial charge >= 0.3 is 0 Å². The van der Waals surface area contributed by atoms with Crippen molar-refractivity contribution >= 4 is 5.78 Å². The van der Waals surface area contributed by atoms with Gasteiger partial charge in [0.2, 0.25) is 0 Å². The van der Waals surface area contributed by atoms with Crippen LogP contribution in [0.1, 0.15) is 27.2 Å². The van der Waals surface area contributed by atoms with Crippen molar-refractivity contribution < 1.29 is 14.3 Å². The molecule has 2 unspecified atom stereocenters. The molecule has 0 N–H and O–H groups in total. The van der Waals surface area contributed by atoms with Crippen LogP contribution in [0.4, 0.5) is 0 Å². The monoisotopic (exact) mass is 174 g/mol. The molecule has 0 fully saturated rings. The van der Waals surface area contributed by atoms with Crippen molar-refractivity contribution in [2.75, 3.05) is 13.7 Å². The van der Waals surface area contributed by atoms with Crippen LogP contribution >= 0.6 is 0 Å². The number of ketones is 1. The predicted octanol–water partition coefficient (Wildman–Crippen LogP) is 1.41. The lowest BCUT2D eigenvalue weighted by Gasteiger charge is -2.17. The van der Waals surface area contributed by atoms with E-state index in [0.717, 1.165) is 0 Å². The SMILES string of the molecule is COCC(C)OC(C)CC(C)=O. The van der Waals surface area contributed by atoms with Crippen molar-refractivity contribution in [3.63, 3.8) is 0 Å². The van der Waals surface area contributed by atoms with Crippen LogP contribution in [0.2, 0.25) is 0 Å². The highest BCUT2D eigenvalue weighted by Crippen LogP contribution is 2.02. The van der Waals surface area contributed by atoms with Crippen LogP contribution < -0.4 is 0 Å². The topological polar surface area (TPSA) is 35.5 Å². The molecule has 2 atom stereocenters. The predicted molar refractivity (Wildman–Crippen MR) is 47.2 cm³/mol. The largest absolute Gasteiger partial charge is 0.382 e. The number of ether oxygens (including phenoxy) is 2. The van der Waals surface area contributed by atoms with Crippen molar-refractivity contribution in [1.82, 2.24) is 0 Å². The molecule has 0 heterocycles. The molecule has 0 aliphatic rings. The minimum Gasteiger partial charge on any atom is -0.382 e. The highest BCUT2D eigenvalue weighted by molar-refractivity contribution is 5.75. The summed E-state index contributed by atoms with van der Waals surface area (Å²) in [5, 5.41) is 0. The Morgan fingerprint density at radius 2 is 1.92 bits per heavy atom. The van der Waals surface area contributed by atoms with E-state index in [1.807, 2.05) is 13.8 Å². The summed E-state index contributed by atoms with van der Waals surface area (Å²) in [5.74, 6) is 0.159. The normalized spacial score (nSPS) is 15.7. The number of Topliss-reactive ketones (excluding diaryl/α,β-unsaturated/α-hetero) is 1. The second-order valence-corrected chi connectivity index (χ2v) is 3.12. The average Bonchev–Trinajstić information content (AvgIpc) is 1.84. The molecule has 0 rings (SSSR count). The molecule has 0 bridgehead atoms. The van der Waals surface area contributed by atoms with E-state index in [1.54, 1.807) is 14.0 Å². The van der Waals surface area contributed by atoms with E-state index in [0.29, 0.717) is 13.0 Å². The molecule has 0 aromatic heterocycles. The Hall–Kier alpha value is -0.410. The van der Waals surface area contributed by atoms with Gasteiger partial charge < -0.3 is 9.47 Å². The first kappa shape index (κ1) is 11.6. The Morgan fingerprint density at radius 3 is 2.33 bits per heavy atom. The van der Waals surface area contributed by atoms with Gasteiger partial charge in [-0.15, -0.1) is 0 Å². The molecule has 3 nitrogen and oxygen atoms in total. The van der Waals surface area contributed by atoms with E-state index < -0.39 is 0 Å². The third kappa shape index (κ3) is 6.31. The Kier molecular flexibility index (Phi) is 5.93. The van der Waals surface area contributed by atoms with Gasteiger partial charge in [0.15, 0.2) is 0 Å².